The molecular weight excluding hydrogens is 147 g/mol. The molecule has 2 nitrogen and oxygen atoms in total. The molecule has 0 aromatic rings. The topological polar surface area (TPSA) is 28.1 Å². The van der Waals surface area contributed by atoms with Gasteiger partial charge in [-0.3, -0.25) is 0 Å². The van der Waals surface area contributed by atoms with Gasteiger partial charge in [-0.05, 0) is 0 Å². The number of hydrogen-bond acceptors (Lipinski definition) is 1. The zero-order valence-corrected chi connectivity index (χ0v) is 5.16. The minimum absolute atomic E-state index is 0.262. The van der Waals surface area contributed by atoms with Gasteiger partial charge < -0.3 is 0 Å². The smallest absolute Gasteiger partial charge is 0.223 e. The maximum Gasteiger partial charge on any atom is 0.281 e. The minimum atomic E-state index is -0.283. The molecule has 0 saturated heterocycles. The van der Waals surface area contributed by atoms with Crippen molar-refractivity contribution in [3.8, 4) is 6.07 Å². The van der Waals surface area contributed by atoms with Gasteiger partial charge in [-0.2, -0.15) is 5.26 Å². The molecule has 0 aromatic carbocycles. The molecule has 0 spiro atoms. The Hall–Kier alpha value is -0.700. The van der Waals surface area contributed by atoms with Crippen molar-refractivity contribution in [2.45, 2.75) is 0 Å². The van der Waals surface area contributed by atoms with Gasteiger partial charge in [0.25, 0.3) is 5.16 Å². The fourth-order valence-electron chi connectivity index (χ4n) is 0.0952. The highest BCUT2D eigenvalue weighted by Crippen LogP contribution is 2.12. The minimum Gasteiger partial charge on any atom is -0.223 e. The molecule has 4 heteroatoms. The third-order valence-electron chi connectivity index (χ3n) is 0.377. The molecule has 0 aromatic heterocycles. The van der Waals surface area contributed by atoms with Crippen molar-refractivity contribution < 1.29 is 0 Å². The van der Waals surface area contributed by atoms with Crippen LogP contribution in [0.5, 0.6) is 0 Å². The summed E-state index contributed by atoms with van der Waals surface area (Å²) >= 11 is 10.2. The SMILES string of the molecule is [C-]#[N+]/C(Cl)=C(/Cl)C#N. The first-order chi connectivity index (χ1) is 3.72. The quantitative estimate of drug-likeness (QED) is 0.293. The Morgan fingerprint density at radius 3 is 2.25 bits per heavy atom. The number of nitrogens with zero attached hydrogens (tertiary/aromatic N) is 2. The van der Waals surface area contributed by atoms with Crippen molar-refractivity contribution in [3.63, 3.8) is 0 Å². The van der Waals surface area contributed by atoms with Crippen LogP contribution in [0.4, 0.5) is 0 Å². The normalized spacial score (nSPS) is 11.0. The molecule has 0 bridgehead atoms. The summed E-state index contributed by atoms with van der Waals surface area (Å²) < 4.78 is 0. The third-order valence-corrected chi connectivity index (χ3v) is 1.01. The highest BCUT2D eigenvalue weighted by atomic mass is 35.5. The van der Waals surface area contributed by atoms with Crippen LogP contribution in [0.25, 0.3) is 4.85 Å². The third kappa shape index (κ3) is 1.84. The Morgan fingerprint density at radius 2 is 2.12 bits per heavy atom. The van der Waals surface area contributed by atoms with E-state index >= 15 is 0 Å². The van der Waals surface area contributed by atoms with E-state index in [1.165, 1.54) is 6.07 Å². The Labute approximate surface area is 56.7 Å². The lowest BCUT2D eigenvalue weighted by Gasteiger charge is -1.77. The van der Waals surface area contributed by atoms with Gasteiger partial charge >= 0.3 is 0 Å². The first-order valence-corrected chi connectivity index (χ1v) is 2.30. The zero-order valence-electron chi connectivity index (χ0n) is 3.65. The van der Waals surface area contributed by atoms with E-state index in [1.54, 1.807) is 0 Å². The largest absolute Gasteiger partial charge is 0.281 e. The molecule has 0 rings (SSSR count). The van der Waals surface area contributed by atoms with Gasteiger partial charge in [0.15, 0.2) is 0 Å². The molecule has 0 saturated carbocycles. The number of nitriles is 1. The molecule has 40 valence electrons. The molecule has 0 fully saturated rings. The highest BCUT2D eigenvalue weighted by Gasteiger charge is 1.95. The molecule has 8 heavy (non-hydrogen) atoms. The summed E-state index contributed by atoms with van der Waals surface area (Å²) in [6, 6.07) is 1.51. The first kappa shape index (κ1) is 7.30. The molecule has 0 atom stereocenters. The Morgan fingerprint density at radius 1 is 1.62 bits per heavy atom. The lowest BCUT2D eigenvalue weighted by molar-refractivity contribution is 1.52. The van der Waals surface area contributed by atoms with Crippen molar-refractivity contribution >= 4 is 23.2 Å². The standard InChI is InChI=1S/C4Cl2N2/c1-8-4(6)3(5)2-7/b4-3+. The Kier molecular flexibility index (Phi) is 3.03. The Bertz CT molecular complexity index is 171. The Balaban J connectivity index is 4.41. The molecule has 0 heterocycles. The lowest BCUT2D eigenvalue weighted by atomic mass is 10.7. The second-order valence-corrected chi connectivity index (χ2v) is 1.56. The van der Waals surface area contributed by atoms with Gasteiger partial charge in [0.1, 0.15) is 11.1 Å². The second-order valence-electron chi connectivity index (χ2n) is 0.828. The molecule has 0 N–H and O–H groups in total. The number of halogens is 2. The van der Waals surface area contributed by atoms with Gasteiger partial charge in [0.05, 0.1) is 6.57 Å². The van der Waals surface area contributed by atoms with E-state index in [2.05, 4.69) is 4.85 Å². The van der Waals surface area contributed by atoms with Crippen LogP contribution in [-0.4, -0.2) is 0 Å². The van der Waals surface area contributed by atoms with E-state index in [9.17, 15) is 0 Å². The molecule has 0 radical (unpaired) electrons. The fourth-order valence-corrected chi connectivity index (χ4v) is 0.180. The average molecular weight is 147 g/mol. The van der Waals surface area contributed by atoms with E-state index in [4.69, 9.17) is 35.0 Å². The molecule has 0 aliphatic carbocycles. The van der Waals surface area contributed by atoms with Crippen LogP contribution in [-0.2, 0) is 0 Å². The van der Waals surface area contributed by atoms with E-state index < -0.39 is 0 Å². The van der Waals surface area contributed by atoms with E-state index in [0.717, 1.165) is 0 Å². The predicted molar refractivity (Wildman–Crippen MR) is 30.9 cm³/mol. The van der Waals surface area contributed by atoms with Gasteiger partial charge in [-0.25, -0.2) is 4.85 Å². The number of hydrogen-bond donors (Lipinski definition) is 0. The van der Waals surface area contributed by atoms with E-state index in [1.807, 2.05) is 0 Å². The second kappa shape index (κ2) is 3.32. The van der Waals surface area contributed by atoms with Crippen molar-refractivity contribution in [2.24, 2.45) is 0 Å². The van der Waals surface area contributed by atoms with Crippen molar-refractivity contribution in [3.05, 3.63) is 21.6 Å². The summed E-state index contributed by atoms with van der Waals surface area (Å²) in [4.78, 5) is 2.70. The maximum absolute atomic E-state index is 7.97. The number of rotatable bonds is 0. The van der Waals surface area contributed by atoms with Gasteiger partial charge in [0.2, 0.25) is 0 Å². The van der Waals surface area contributed by atoms with Gasteiger partial charge in [0, 0.05) is 0 Å². The van der Waals surface area contributed by atoms with Crippen LogP contribution >= 0.6 is 23.2 Å². The first-order valence-electron chi connectivity index (χ1n) is 1.55. The van der Waals surface area contributed by atoms with Crippen molar-refractivity contribution in [2.75, 3.05) is 0 Å². The van der Waals surface area contributed by atoms with Gasteiger partial charge in [-0.15, -0.1) is 11.6 Å². The van der Waals surface area contributed by atoms with Crippen LogP contribution in [0.3, 0.4) is 0 Å². The summed E-state index contributed by atoms with van der Waals surface area (Å²) in [5.74, 6) is 0. The molecule has 0 amide bonds. The monoisotopic (exact) mass is 146 g/mol. The van der Waals surface area contributed by atoms with Gasteiger partial charge in [-0.1, -0.05) is 11.6 Å². The van der Waals surface area contributed by atoms with Crippen LogP contribution in [0, 0.1) is 17.9 Å². The molecule has 0 aliphatic rings. The zero-order chi connectivity index (χ0) is 6.57. The van der Waals surface area contributed by atoms with Crippen LogP contribution in [0.1, 0.15) is 0 Å². The molecule has 0 aliphatic heterocycles. The summed E-state index contributed by atoms with van der Waals surface area (Å²) in [6.45, 7) is 6.24. The average Bonchev–Trinajstić information content (AvgIpc) is 1.84. The van der Waals surface area contributed by atoms with Crippen molar-refractivity contribution in [1.82, 2.24) is 0 Å². The number of allylic oxidation sites excluding steroid dienone is 1. The van der Waals surface area contributed by atoms with E-state index in [-0.39, 0.29) is 10.2 Å². The summed E-state index contributed by atoms with van der Waals surface area (Å²) in [6.07, 6.45) is 0. The maximum atomic E-state index is 7.97. The fraction of sp³-hybridized carbons (Fsp3) is 0. The van der Waals surface area contributed by atoms with Crippen molar-refractivity contribution in [1.29, 1.82) is 5.26 Å². The van der Waals surface area contributed by atoms with Crippen LogP contribution < -0.4 is 0 Å². The summed E-state index contributed by atoms with van der Waals surface area (Å²) in [5.41, 5.74) is 0. The molecule has 0 unspecified atom stereocenters. The predicted octanol–water partition coefficient (Wildman–Crippen LogP) is 2.08. The summed E-state index contributed by atoms with van der Waals surface area (Å²) in [5, 5.41) is 7.42. The van der Waals surface area contributed by atoms with Crippen LogP contribution in [0.2, 0.25) is 0 Å². The van der Waals surface area contributed by atoms with Crippen LogP contribution in [0.15, 0.2) is 10.2 Å². The highest BCUT2D eigenvalue weighted by molar-refractivity contribution is 6.41. The summed E-state index contributed by atoms with van der Waals surface area (Å²) in [7, 11) is 0. The lowest BCUT2D eigenvalue weighted by Crippen LogP contribution is -1.63. The van der Waals surface area contributed by atoms with E-state index in [0.29, 0.717) is 0 Å². The molecular formula is C4Cl2N2.